The van der Waals surface area contributed by atoms with Crippen molar-refractivity contribution in [2.75, 3.05) is 26.2 Å². The highest BCUT2D eigenvalue weighted by Gasteiger charge is 2.32. The molecule has 0 bridgehead atoms. The molecule has 2 aliphatic rings. The number of aliphatic hydroxyl groups is 1. The van der Waals surface area contributed by atoms with E-state index in [1.807, 2.05) is 24.3 Å². The Bertz CT molecular complexity index is 555. The lowest BCUT2D eigenvalue weighted by Crippen LogP contribution is -2.44. The maximum atomic E-state index is 12.2. The van der Waals surface area contributed by atoms with Crippen LogP contribution in [0, 0.1) is 5.92 Å². The molecule has 132 valence electrons. The summed E-state index contributed by atoms with van der Waals surface area (Å²) in [7, 11) is 0. The first-order chi connectivity index (χ1) is 11.7. The molecular formula is C19H29N3O2. The lowest BCUT2D eigenvalue weighted by atomic mass is 9.97. The Morgan fingerprint density at radius 1 is 1.29 bits per heavy atom. The SMILES string of the molecule is CCCN1CCC(CNC(=O)N[C@@H]2c3ccccc3C[C@@H]2O)CC1. The Balaban J connectivity index is 1.44. The van der Waals surface area contributed by atoms with Crippen molar-refractivity contribution >= 4 is 6.03 Å². The number of nitrogens with one attached hydrogen (secondary N) is 2. The third-order valence-corrected chi connectivity index (χ3v) is 5.29. The smallest absolute Gasteiger partial charge is 0.315 e. The average molecular weight is 331 g/mol. The molecule has 5 heteroatoms. The van der Waals surface area contributed by atoms with Crippen LogP contribution in [-0.4, -0.2) is 48.3 Å². The van der Waals surface area contributed by atoms with Gasteiger partial charge < -0.3 is 20.6 Å². The van der Waals surface area contributed by atoms with Crippen LogP contribution >= 0.6 is 0 Å². The van der Waals surface area contributed by atoms with Crippen LogP contribution in [-0.2, 0) is 6.42 Å². The highest BCUT2D eigenvalue weighted by Crippen LogP contribution is 2.31. The molecule has 1 aliphatic heterocycles. The van der Waals surface area contributed by atoms with E-state index in [0.29, 0.717) is 12.3 Å². The van der Waals surface area contributed by atoms with Gasteiger partial charge in [-0.3, -0.25) is 0 Å². The van der Waals surface area contributed by atoms with Crippen molar-refractivity contribution in [1.82, 2.24) is 15.5 Å². The predicted octanol–water partition coefficient (Wildman–Crippen LogP) is 2.07. The topological polar surface area (TPSA) is 64.6 Å². The molecule has 24 heavy (non-hydrogen) atoms. The van der Waals surface area contributed by atoms with Crippen LogP contribution in [0.3, 0.4) is 0 Å². The number of hydrogen-bond acceptors (Lipinski definition) is 3. The largest absolute Gasteiger partial charge is 0.390 e. The molecule has 0 unspecified atom stereocenters. The van der Waals surface area contributed by atoms with E-state index in [4.69, 9.17) is 0 Å². The van der Waals surface area contributed by atoms with Crippen LogP contribution in [0.1, 0.15) is 43.4 Å². The number of rotatable bonds is 5. The summed E-state index contributed by atoms with van der Waals surface area (Å²) in [5.74, 6) is 0.560. The quantitative estimate of drug-likeness (QED) is 0.774. The van der Waals surface area contributed by atoms with Gasteiger partial charge in [0, 0.05) is 13.0 Å². The third kappa shape index (κ3) is 4.08. The van der Waals surface area contributed by atoms with Crippen LogP contribution < -0.4 is 10.6 Å². The minimum atomic E-state index is -0.537. The molecule has 0 aromatic heterocycles. The van der Waals surface area contributed by atoms with E-state index in [1.54, 1.807) is 0 Å². The number of piperidine rings is 1. The van der Waals surface area contributed by atoms with Crippen molar-refractivity contribution in [2.24, 2.45) is 5.92 Å². The fourth-order valence-electron chi connectivity index (χ4n) is 3.91. The fourth-order valence-corrected chi connectivity index (χ4v) is 3.91. The fraction of sp³-hybridized carbons (Fsp3) is 0.632. The van der Waals surface area contributed by atoms with Gasteiger partial charge in [0.05, 0.1) is 12.1 Å². The maximum Gasteiger partial charge on any atom is 0.315 e. The van der Waals surface area contributed by atoms with Crippen molar-refractivity contribution in [3.05, 3.63) is 35.4 Å². The van der Waals surface area contributed by atoms with E-state index in [-0.39, 0.29) is 12.1 Å². The molecule has 2 amide bonds. The molecule has 1 aromatic carbocycles. The number of benzene rings is 1. The van der Waals surface area contributed by atoms with Gasteiger partial charge in [0.2, 0.25) is 0 Å². The minimum absolute atomic E-state index is 0.174. The van der Waals surface area contributed by atoms with Gasteiger partial charge >= 0.3 is 6.03 Å². The lowest BCUT2D eigenvalue weighted by Gasteiger charge is -2.31. The highest BCUT2D eigenvalue weighted by molar-refractivity contribution is 5.74. The van der Waals surface area contributed by atoms with E-state index in [0.717, 1.165) is 43.6 Å². The zero-order valence-electron chi connectivity index (χ0n) is 14.5. The van der Waals surface area contributed by atoms with E-state index < -0.39 is 6.10 Å². The molecule has 3 rings (SSSR count). The molecule has 3 N–H and O–H groups in total. The zero-order chi connectivity index (χ0) is 16.9. The molecule has 1 aliphatic carbocycles. The first-order valence-corrected chi connectivity index (χ1v) is 9.20. The molecule has 0 radical (unpaired) electrons. The number of nitrogens with zero attached hydrogens (tertiary/aromatic N) is 1. The Kier molecular flexibility index (Phi) is 5.74. The first-order valence-electron chi connectivity index (χ1n) is 9.20. The Morgan fingerprint density at radius 3 is 2.79 bits per heavy atom. The molecule has 2 atom stereocenters. The number of carbonyl (C=O) groups excluding carboxylic acids is 1. The summed E-state index contributed by atoms with van der Waals surface area (Å²) >= 11 is 0. The second-order valence-electron chi connectivity index (χ2n) is 7.09. The summed E-state index contributed by atoms with van der Waals surface area (Å²) in [5.41, 5.74) is 2.16. The van der Waals surface area contributed by atoms with Gasteiger partial charge in [-0.2, -0.15) is 0 Å². The standard InChI is InChI=1S/C19H29N3O2/c1-2-9-22-10-7-14(8-11-22)13-20-19(24)21-18-16-6-4-3-5-15(16)12-17(18)23/h3-6,14,17-18,23H,2,7-13H2,1H3,(H2,20,21,24)/t17-,18+/m0/s1. The number of fused-ring (bicyclic) bond motifs is 1. The number of aliphatic hydroxyl groups excluding tert-OH is 1. The van der Waals surface area contributed by atoms with Crippen LogP contribution in [0.25, 0.3) is 0 Å². The van der Waals surface area contributed by atoms with Crippen molar-refractivity contribution in [3.8, 4) is 0 Å². The van der Waals surface area contributed by atoms with E-state index in [9.17, 15) is 9.90 Å². The molecule has 5 nitrogen and oxygen atoms in total. The lowest BCUT2D eigenvalue weighted by molar-refractivity contribution is 0.141. The molecule has 1 heterocycles. The van der Waals surface area contributed by atoms with Crippen LogP contribution in [0.4, 0.5) is 4.79 Å². The van der Waals surface area contributed by atoms with E-state index in [1.165, 1.54) is 13.0 Å². The number of urea groups is 1. The maximum absolute atomic E-state index is 12.2. The number of hydrogen-bond donors (Lipinski definition) is 3. The second-order valence-corrected chi connectivity index (χ2v) is 7.09. The Labute approximate surface area is 144 Å². The van der Waals surface area contributed by atoms with E-state index in [2.05, 4.69) is 22.5 Å². The van der Waals surface area contributed by atoms with Gasteiger partial charge in [0.15, 0.2) is 0 Å². The van der Waals surface area contributed by atoms with Crippen molar-refractivity contribution in [2.45, 2.75) is 44.8 Å². The van der Waals surface area contributed by atoms with Gasteiger partial charge in [0.25, 0.3) is 0 Å². The summed E-state index contributed by atoms with van der Waals surface area (Å²) in [6.07, 6.45) is 3.57. The summed E-state index contributed by atoms with van der Waals surface area (Å²) in [4.78, 5) is 14.7. The Morgan fingerprint density at radius 2 is 2.04 bits per heavy atom. The van der Waals surface area contributed by atoms with Crippen LogP contribution in [0.15, 0.2) is 24.3 Å². The molecule has 0 spiro atoms. The van der Waals surface area contributed by atoms with Gasteiger partial charge in [-0.15, -0.1) is 0 Å². The Hall–Kier alpha value is -1.59. The van der Waals surface area contributed by atoms with Crippen molar-refractivity contribution in [1.29, 1.82) is 0 Å². The number of amides is 2. The van der Waals surface area contributed by atoms with Crippen LogP contribution in [0.5, 0.6) is 0 Å². The number of likely N-dealkylation sites (tertiary alicyclic amines) is 1. The van der Waals surface area contributed by atoms with E-state index >= 15 is 0 Å². The first kappa shape index (κ1) is 17.2. The second kappa shape index (κ2) is 7.99. The van der Waals surface area contributed by atoms with Crippen LogP contribution in [0.2, 0.25) is 0 Å². The van der Waals surface area contributed by atoms with Gasteiger partial charge in [0.1, 0.15) is 0 Å². The normalized spacial score (nSPS) is 24.6. The summed E-state index contributed by atoms with van der Waals surface area (Å²) in [6.45, 7) is 6.39. The molecule has 1 aromatic rings. The molecule has 0 saturated carbocycles. The third-order valence-electron chi connectivity index (χ3n) is 5.29. The number of carbonyl (C=O) groups is 1. The molecular weight excluding hydrogens is 302 g/mol. The highest BCUT2D eigenvalue weighted by atomic mass is 16.3. The average Bonchev–Trinajstić information content (AvgIpc) is 2.90. The van der Waals surface area contributed by atoms with Gasteiger partial charge in [-0.25, -0.2) is 4.79 Å². The summed E-state index contributed by atoms with van der Waals surface area (Å²) < 4.78 is 0. The monoisotopic (exact) mass is 331 g/mol. The minimum Gasteiger partial charge on any atom is -0.390 e. The van der Waals surface area contributed by atoms with Crippen molar-refractivity contribution in [3.63, 3.8) is 0 Å². The summed E-state index contributed by atoms with van der Waals surface area (Å²) in [6, 6.07) is 7.45. The predicted molar refractivity (Wildman–Crippen MR) is 94.9 cm³/mol. The zero-order valence-corrected chi connectivity index (χ0v) is 14.5. The molecule has 1 fully saturated rings. The molecule has 1 saturated heterocycles. The van der Waals surface area contributed by atoms with Gasteiger partial charge in [-0.1, -0.05) is 31.2 Å². The van der Waals surface area contributed by atoms with Crippen molar-refractivity contribution < 1.29 is 9.90 Å². The van der Waals surface area contributed by atoms with Gasteiger partial charge in [-0.05, 0) is 55.9 Å². The summed E-state index contributed by atoms with van der Waals surface area (Å²) in [5, 5.41) is 16.1.